The van der Waals surface area contributed by atoms with E-state index in [1.807, 2.05) is 0 Å². The number of nitrogens with zero attached hydrogens (tertiary/aromatic N) is 1. The van der Waals surface area contributed by atoms with E-state index < -0.39 is 35.2 Å². The van der Waals surface area contributed by atoms with Crippen LogP contribution in [0.15, 0.2) is 6.20 Å². The van der Waals surface area contributed by atoms with Crippen molar-refractivity contribution >= 4 is 6.29 Å². The summed E-state index contributed by atoms with van der Waals surface area (Å²) in [5.41, 5.74) is -4.09. The Morgan fingerprint density at radius 3 is 2.35 bits per heavy atom. The van der Waals surface area contributed by atoms with Gasteiger partial charge in [-0.15, -0.1) is 0 Å². The van der Waals surface area contributed by atoms with Crippen molar-refractivity contribution in [2.24, 2.45) is 0 Å². The van der Waals surface area contributed by atoms with Gasteiger partial charge in [0.25, 0.3) is 6.43 Å². The number of aromatic nitrogens is 1. The molecule has 0 unspecified atom stereocenters. The summed E-state index contributed by atoms with van der Waals surface area (Å²) < 4.78 is 67.3. The zero-order valence-corrected chi connectivity index (χ0v) is 8.39. The molecule has 3 nitrogen and oxygen atoms in total. The van der Waals surface area contributed by atoms with Gasteiger partial charge in [0.15, 0.2) is 6.29 Å². The van der Waals surface area contributed by atoms with Gasteiger partial charge in [-0.05, 0) is 0 Å². The SMILES string of the molecule is COc1cnc(C=O)c(C(F)F)c1C(F)(F)F. The van der Waals surface area contributed by atoms with Crippen LogP contribution in [0.2, 0.25) is 0 Å². The highest BCUT2D eigenvalue weighted by Crippen LogP contribution is 2.42. The average Bonchev–Trinajstić information content (AvgIpc) is 2.25. The average molecular weight is 255 g/mol. The molecule has 17 heavy (non-hydrogen) atoms. The number of methoxy groups -OCH3 is 1. The molecule has 0 aliphatic carbocycles. The van der Waals surface area contributed by atoms with Crippen LogP contribution in [-0.4, -0.2) is 18.4 Å². The van der Waals surface area contributed by atoms with E-state index >= 15 is 0 Å². The lowest BCUT2D eigenvalue weighted by Gasteiger charge is -2.16. The van der Waals surface area contributed by atoms with E-state index in [1.165, 1.54) is 0 Å². The molecular formula is C9H6F5NO2. The summed E-state index contributed by atoms with van der Waals surface area (Å²) in [6.07, 6.45) is -8.11. The first-order valence-electron chi connectivity index (χ1n) is 4.20. The van der Waals surface area contributed by atoms with Gasteiger partial charge < -0.3 is 4.74 Å². The van der Waals surface area contributed by atoms with Gasteiger partial charge in [-0.1, -0.05) is 0 Å². The van der Waals surface area contributed by atoms with Crippen molar-refractivity contribution in [2.45, 2.75) is 12.6 Å². The maximum absolute atomic E-state index is 12.6. The minimum Gasteiger partial charge on any atom is -0.494 e. The maximum Gasteiger partial charge on any atom is 0.420 e. The summed E-state index contributed by atoms with van der Waals surface area (Å²) in [5.74, 6) is -0.849. The fourth-order valence-electron chi connectivity index (χ4n) is 1.29. The van der Waals surface area contributed by atoms with Crippen LogP contribution in [0.25, 0.3) is 0 Å². The number of aldehydes is 1. The minimum atomic E-state index is -5.06. The van der Waals surface area contributed by atoms with Gasteiger partial charge in [-0.2, -0.15) is 13.2 Å². The molecule has 0 radical (unpaired) electrons. The molecule has 0 fully saturated rings. The first kappa shape index (κ1) is 13.3. The Hall–Kier alpha value is -1.73. The number of hydrogen-bond donors (Lipinski definition) is 0. The van der Waals surface area contributed by atoms with Crippen LogP contribution < -0.4 is 4.74 Å². The third-order valence-electron chi connectivity index (χ3n) is 1.95. The monoisotopic (exact) mass is 255 g/mol. The normalized spacial score (nSPS) is 11.7. The molecule has 0 spiro atoms. The minimum absolute atomic E-state index is 0.157. The molecule has 0 saturated carbocycles. The highest BCUT2D eigenvalue weighted by Gasteiger charge is 2.41. The van der Waals surface area contributed by atoms with E-state index in [1.54, 1.807) is 0 Å². The fraction of sp³-hybridized carbons (Fsp3) is 0.333. The zero-order valence-electron chi connectivity index (χ0n) is 8.39. The van der Waals surface area contributed by atoms with Gasteiger partial charge >= 0.3 is 6.18 Å². The van der Waals surface area contributed by atoms with E-state index in [9.17, 15) is 26.7 Å². The summed E-state index contributed by atoms with van der Waals surface area (Å²) in [7, 11) is 0.891. The second kappa shape index (κ2) is 4.64. The number of pyridine rings is 1. The third-order valence-corrected chi connectivity index (χ3v) is 1.95. The molecule has 0 atom stereocenters. The second-order valence-electron chi connectivity index (χ2n) is 2.92. The van der Waals surface area contributed by atoms with Gasteiger partial charge in [-0.25, -0.2) is 13.8 Å². The van der Waals surface area contributed by atoms with Crippen molar-refractivity contribution in [3.8, 4) is 5.75 Å². The van der Waals surface area contributed by atoms with Crippen molar-refractivity contribution in [1.82, 2.24) is 4.98 Å². The Bertz CT molecular complexity index is 430. The molecule has 1 aromatic rings. The first-order chi connectivity index (χ1) is 7.82. The summed E-state index contributed by atoms with van der Waals surface area (Å²) in [5, 5.41) is 0. The second-order valence-corrected chi connectivity index (χ2v) is 2.92. The Balaban J connectivity index is 3.65. The zero-order chi connectivity index (χ0) is 13.2. The maximum atomic E-state index is 12.6. The van der Waals surface area contributed by atoms with Crippen molar-refractivity contribution < 1.29 is 31.5 Å². The van der Waals surface area contributed by atoms with E-state index in [0.29, 0.717) is 6.20 Å². The number of hydrogen-bond acceptors (Lipinski definition) is 3. The highest BCUT2D eigenvalue weighted by molar-refractivity contribution is 5.76. The summed E-state index contributed by atoms with van der Waals surface area (Å²) in [6, 6.07) is 0. The summed E-state index contributed by atoms with van der Waals surface area (Å²) in [6.45, 7) is 0. The van der Waals surface area contributed by atoms with Crippen molar-refractivity contribution in [2.75, 3.05) is 7.11 Å². The molecule has 0 aliphatic rings. The molecule has 94 valence electrons. The predicted octanol–water partition coefficient (Wildman–Crippen LogP) is 2.86. The lowest BCUT2D eigenvalue weighted by molar-refractivity contribution is -0.140. The van der Waals surface area contributed by atoms with Gasteiger partial charge in [0.1, 0.15) is 17.0 Å². The molecule has 0 aromatic carbocycles. The summed E-state index contributed by atoms with van der Waals surface area (Å²) >= 11 is 0. The summed E-state index contributed by atoms with van der Waals surface area (Å²) in [4.78, 5) is 13.6. The molecule has 0 aliphatic heterocycles. The predicted molar refractivity (Wildman–Crippen MR) is 46.1 cm³/mol. The molecule has 1 aromatic heterocycles. The third kappa shape index (κ3) is 2.51. The molecule has 0 N–H and O–H groups in total. The van der Waals surface area contributed by atoms with Crippen molar-refractivity contribution in [1.29, 1.82) is 0 Å². The van der Waals surface area contributed by atoms with E-state index in [0.717, 1.165) is 7.11 Å². The van der Waals surface area contributed by atoms with Crippen molar-refractivity contribution in [3.05, 3.63) is 23.0 Å². The van der Waals surface area contributed by atoms with Gasteiger partial charge in [-0.3, -0.25) is 4.79 Å². The largest absolute Gasteiger partial charge is 0.494 e. The van der Waals surface area contributed by atoms with Crippen LogP contribution in [0.3, 0.4) is 0 Å². The smallest absolute Gasteiger partial charge is 0.420 e. The van der Waals surface area contributed by atoms with Crippen LogP contribution in [0, 0.1) is 0 Å². The number of carbonyl (C=O) groups excluding carboxylic acids is 1. The molecule has 0 saturated heterocycles. The van der Waals surface area contributed by atoms with Gasteiger partial charge in [0, 0.05) is 0 Å². The van der Waals surface area contributed by atoms with Gasteiger partial charge in [0.2, 0.25) is 0 Å². The Morgan fingerprint density at radius 2 is 2.00 bits per heavy atom. The van der Waals surface area contributed by atoms with Crippen LogP contribution >= 0.6 is 0 Å². The van der Waals surface area contributed by atoms with Crippen LogP contribution in [-0.2, 0) is 6.18 Å². The van der Waals surface area contributed by atoms with Crippen LogP contribution in [0.5, 0.6) is 5.75 Å². The Labute approximate surface area is 92.2 Å². The Kier molecular flexibility index (Phi) is 3.64. The van der Waals surface area contributed by atoms with Crippen LogP contribution in [0.1, 0.15) is 28.0 Å². The van der Waals surface area contributed by atoms with E-state index in [-0.39, 0.29) is 6.29 Å². The number of rotatable bonds is 3. The van der Waals surface area contributed by atoms with Gasteiger partial charge in [0.05, 0.1) is 18.9 Å². The highest BCUT2D eigenvalue weighted by atomic mass is 19.4. The first-order valence-corrected chi connectivity index (χ1v) is 4.20. The molecule has 0 bridgehead atoms. The molecule has 0 amide bonds. The van der Waals surface area contributed by atoms with Crippen molar-refractivity contribution in [3.63, 3.8) is 0 Å². The fourth-order valence-corrected chi connectivity index (χ4v) is 1.29. The molecule has 1 heterocycles. The standard InChI is InChI=1S/C9H6F5NO2/c1-17-5-2-15-4(3-16)6(8(10)11)7(5)9(12,13)14/h2-3,8H,1H3. The van der Waals surface area contributed by atoms with E-state index in [4.69, 9.17) is 0 Å². The number of carbonyl (C=O) groups is 1. The number of halogens is 5. The Morgan fingerprint density at radius 1 is 1.41 bits per heavy atom. The molecular weight excluding hydrogens is 249 g/mol. The molecule has 1 rings (SSSR count). The number of ether oxygens (including phenoxy) is 1. The quantitative estimate of drug-likeness (QED) is 0.615. The van der Waals surface area contributed by atoms with E-state index in [2.05, 4.69) is 9.72 Å². The lowest BCUT2D eigenvalue weighted by Crippen LogP contribution is -2.15. The topological polar surface area (TPSA) is 39.2 Å². The molecule has 8 heteroatoms. The number of alkyl halides is 5. The lowest BCUT2D eigenvalue weighted by atomic mass is 10.1. The van der Waals surface area contributed by atoms with Crippen LogP contribution in [0.4, 0.5) is 22.0 Å².